The molecule has 0 saturated heterocycles. The first kappa shape index (κ1) is 17.4. The van der Waals surface area contributed by atoms with Crippen molar-refractivity contribution in [2.45, 2.75) is 38.1 Å². The predicted octanol–water partition coefficient (Wildman–Crippen LogP) is 4.31. The quantitative estimate of drug-likeness (QED) is 0.498. The second kappa shape index (κ2) is 7.23. The van der Waals surface area contributed by atoms with Crippen molar-refractivity contribution in [3.63, 3.8) is 0 Å². The van der Waals surface area contributed by atoms with Crippen LogP contribution in [0.3, 0.4) is 0 Å². The summed E-state index contributed by atoms with van der Waals surface area (Å²) in [5, 5.41) is 8.99. The number of ether oxygens (including phenoxy) is 1. The zero-order valence-electron chi connectivity index (χ0n) is 14.9. The number of thioether (sulfide) groups is 1. The molecule has 0 amide bonds. The molecule has 0 unspecified atom stereocenters. The van der Waals surface area contributed by atoms with Gasteiger partial charge in [-0.2, -0.15) is 0 Å². The Morgan fingerprint density at radius 3 is 2.24 bits per heavy atom. The molecule has 130 valence electrons. The van der Waals surface area contributed by atoms with E-state index < -0.39 is 0 Å². The highest BCUT2D eigenvalue weighted by atomic mass is 32.2. The van der Waals surface area contributed by atoms with Crippen LogP contribution in [0.2, 0.25) is 0 Å². The Bertz CT molecular complexity index is 854. The third-order valence-electron chi connectivity index (χ3n) is 4.02. The lowest BCUT2D eigenvalue weighted by atomic mass is 10.2. The molecule has 25 heavy (non-hydrogen) atoms. The Balaban J connectivity index is 1.77. The second-order valence-electron chi connectivity index (χ2n) is 5.74. The van der Waals surface area contributed by atoms with Crippen molar-refractivity contribution in [1.82, 2.24) is 20.2 Å². The highest BCUT2D eigenvalue weighted by Crippen LogP contribution is 2.34. The number of aryl methyl sites for hydroxylation is 2. The molecule has 0 bridgehead atoms. The molecule has 0 aliphatic carbocycles. The SMILES string of the molecule is COc1ccc(-c2nnc([C@@H](C)Sc3nc(C)c(C)c(C)n3)o2)cc1. The minimum absolute atomic E-state index is 0.0407. The first-order valence-corrected chi connectivity index (χ1v) is 8.82. The van der Waals surface area contributed by atoms with Gasteiger partial charge in [0, 0.05) is 17.0 Å². The van der Waals surface area contributed by atoms with Crippen molar-refractivity contribution in [3.05, 3.63) is 47.1 Å². The third kappa shape index (κ3) is 3.82. The van der Waals surface area contributed by atoms with Gasteiger partial charge in [0.05, 0.1) is 12.4 Å². The molecule has 7 heteroatoms. The molecule has 2 heterocycles. The minimum Gasteiger partial charge on any atom is -0.497 e. The Morgan fingerprint density at radius 2 is 1.64 bits per heavy atom. The fourth-order valence-electron chi connectivity index (χ4n) is 2.25. The van der Waals surface area contributed by atoms with Crippen LogP contribution in [0, 0.1) is 20.8 Å². The van der Waals surface area contributed by atoms with Gasteiger partial charge in [0.25, 0.3) is 0 Å². The van der Waals surface area contributed by atoms with Crippen LogP contribution in [0.1, 0.15) is 35.0 Å². The van der Waals surface area contributed by atoms with Crippen molar-refractivity contribution in [2.75, 3.05) is 7.11 Å². The van der Waals surface area contributed by atoms with E-state index in [4.69, 9.17) is 9.15 Å². The Hall–Kier alpha value is -2.41. The number of methoxy groups -OCH3 is 1. The van der Waals surface area contributed by atoms with Gasteiger partial charge in [0.2, 0.25) is 11.8 Å². The molecule has 0 N–H and O–H groups in total. The fourth-order valence-corrected chi connectivity index (χ4v) is 3.14. The number of rotatable bonds is 5. The molecular weight excluding hydrogens is 336 g/mol. The van der Waals surface area contributed by atoms with Gasteiger partial charge in [-0.25, -0.2) is 9.97 Å². The van der Waals surface area contributed by atoms with Crippen molar-refractivity contribution < 1.29 is 9.15 Å². The summed E-state index contributed by atoms with van der Waals surface area (Å²) in [5.74, 6) is 1.83. The zero-order chi connectivity index (χ0) is 18.0. The smallest absolute Gasteiger partial charge is 0.247 e. The van der Waals surface area contributed by atoms with E-state index in [1.54, 1.807) is 7.11 Å². The lowest BCUT2D eigenvalue weighted by Crippen LogP contribution is -1.99. The molecule has 2 aromatic heterocycles. The molecular formula is C18H20N4O2S. The van der Waals surface area contributed by atoms with Crippen LogP contribution in [0.4, 0.5) is 0 Å². The summed E-state index contributed by atoms with van der Waals surface area (Å²) in [6, 6.07) is 7.51. The van der Waals surface area contributed by atoms with Crippen LogP contribution in [-0.4, -0.2) is 27.3 Å². The largest absolute Gasteiger partial charge is 0.497 e. The maximum absolute atomic E-state index is 5.82. The van der Waals surface area contributed by atoms with Crippen LogP contribution >= 0.6 is 11.8 Å². The molecule has 0 aliphatic heterocycles. The van der Waals surface area contributed by atoms with E-state index in [0.717, 1.165) is 33.4 Å². The first-order valence-electron chi connectivity index (χ1n) is 7.94. The highest BCUT2D eigenvalue weighted by Gasteiger charge is 2.18. The maximum Gasteiger partial charge on any atom is 0.247 e. The molecule has 1 atom stereocenters. The molecule has 1 aromatic carbocycles. The highest BCUT2D eigenvalue weighted by molar-refractivity contribution is 7.99. The predicted molar refractivity (Wildman–Crippen MR) is 96.8 cm³/mol. The number of hydrogen-bond acceptors (Lipinski definition) is 7. The van der Waals surface area contributed by atoms with Gasteiger partial charge in [0.15, 0.2) is 5.16 Å². The summed E-state index contributed by atoms with van der Waals surface area (Å²) in [6.07, 6.45) is 0. The molecule has 0 spiro atoms. The average molecular weight is 356 g/mol. The molecule has 3 rings (SSSR count). The number of hydrogen-bond donors (Lipinski definition) is 0. The minimum atomic E-state index is -0.0407. The molecule has 0 aliphatic rings. The van der Waals surface area contributed by atoms with Gasteiger partial charge < -0.3 is 9.15 Å². The lowest BCUT2D eigenvalue weighted by molar-refractivity contribution is 0.415. The molecule has 3 aromatic rings. The Labute approximate surface area is 151 Å². The van der Waals surface area contributed by atoms with Gasteiger partial charge >= 0.3 is 0 Å². The van der Waals surface area contributed by atoms with Crippen molar-refractivity contribution in [1.29, 1.82) is 0 Å². The van der Waals surface area contributed by atoms with E-state index in [0.29, 0.717) is 11.8 Å². The van der Waals surface area contributed by atoms with Gasteiger partial charge in [-0.3, -0.25) is 0 Å². The van der Waals surface area contributed by atoms with E-state index in [-0.39, 0.29) is 5.25 Å². The Morgan fingerprint density at radius 1 is 1.00 bits per heavy atom. The maximum atomic E-state index is 5.82. The molecule has 0 fully saturated rings. The lowest BCUT2D eigenvalue weighted by Gasteiger charge is -2.09. The average Bonchev–Trinajstić information content (AvgIpc) is 3.10. The molecule has 0 saturated carbocycles. The van der Waals surface area contributed by atoms with Gasteiger partial charge in [-0.15, -0.1) is 10.2 Å². The van der Waals surface area contributed by atoms with E-state index in [2.05, 4.69) is 20.2 Å². The van der Waals surface area contributed by atoms with Crippen molar-refractivity contribution in [3.8, 4) is 17.2 Å². The van der Waals surface area contributed by atoms with Crippen molar-refractivity contribution >= 4 is 11.8 Å². The molecule has 6 nitrogen and oxygen atoms in total. The standard InChI is InChI=1S/C18H20N4O2S/c1-10-11(2)19-18(20-12(10)3)25-13(4)16-21-22-17(24-16)14-6-8-15(23-5)9-7-14/h6-9,13H,1-5H3/t13-/m1/s1. The summed E-state index contributed by atoms with van der Waals surface area (Å²) in [7, 11) is 1.63. The topological polar surface area (TPSA) is 73.9 Å². The summed E-state index contributed by atoms with van der Waals surface area (Å²) in [6.45, 7) is 8.02. The summed E-state index contributed by atoms with van der Waals surface area (Å²) in [4.78, 5) is 9.06. The fraction of sp³-hybridized carbons (Fsp3) is 0.333. The summed E-state index contributed by atoms with van der Waals surface area (Å²) >= 11 is 1.51. The monoisotopic (exact) mass is 356 g/mol. The summed E-state index contributed by atoms with van der Waals surface area (Å²) in [5.41, 5.74) is 3.96. The zero-order valence-corrected chi connectivity index (χ0v) is 15.7. The van der Waals surface area contributed by atoms with Crippen LogP contribution in [0.5, 0.6) is 5.75 Å². The number of benzene rings is 1. The summed E-state index contributed by atoms with van der Waals surface area (Å²) < 4.78 is 11.0. The van der Waals surface area contributed by atoms with Crippen molar-refractivity contribution in [2.24, 2.45) is 0 Å². The van der Waals surface area contributed by atoms with E-state index >= 15 is 0 Å². The van der Waals surface area contributed by atoms with Crippen LogP contribution < -0.4 is 4.74 Å². The van der Waals surface area contributed by atoms with Crippen LogP contribution in [0.15, 0.2) is 33.8 Å². The van der Waals surface area contributed by atoms with Gasteiger partial charge in [-0.1, -0.05) is 11.8 Å². The van der Waals surface area contributed by atoms with Gasteiger partial charge in [0.1, 0.15) is 5.75 Å². The van der Waals surface area contributed by atoms with E-state index in [9.17, 15) is 0 Å². The Kier molecular flexibility index (Phi) is 5.03. The number of aromatic nitrogens is 4. The van der Waals surface area contributed by atoms with Crippen LogP contribution in [-0.2, 0) is 0 Å². The van der Waals surface area contributed by atoms with Gasteiger partial charge in [-0.05, 0) is 57.5 Å². The number of nitrogens with zero attached hydrogens (tertiary/aromatic N) is 4. The van der Waals surface area contributed by atoms with Crippen LogP contribution in [0.25, 0.3) is 11.5 Å². The first-order chi connectivity index (χ1) is 12.0. The van der Waals surface area contributed by atoms with E-state index in [1.807, 2.05) is 52.0 Å². The van der Waals surface area contributed by atoms with E-state index in [1.165, 1.54) is 11.8 Å². The molecule has 0 radical (unpaired) electrons. The third-order valence-corrected chi connectivity index (χ3v) is 4.97. The normalized spacial score (nSPS) is 12.2. The second-order valence-corrected chi connectivity index (χ2v) is 7.04.